The third kappa shape index (κ3) is 2.02. The van der Waals surface area contributed by atoms with Gasteiger partial charge in [0.05, 0.1) is 0 Å². The van der Waals surface area contributed by atoms with Crippen LogP contribution in [0.5, 0.6) is 5.75 Å². The van der Waals surface area contributed by atoms with Crippen LogP contribution in [0.15, 0.2) is 30.3 Å². The molecule has 0 atom stereocenters. The molecule has 0 aliphatic carbocycles. The zero-order valence-electron chi connectivity index (χ0n) is 8.28. The first-order valence-corrected chi connectivity index (χ1v) is 4.29. The van der Waals surface area contributed by atoms with Gasteiger partial charge in [0.1, 0.15) is 5.75 Å². The van der Waals surface area contributed by atoms with Gasteiger partial charge in [0.2, 0.25) is 0 Å². The highest BCUT2D eigenvalue weighted by atomic mass is 16.3. The zero-order chi connectivity index (χ0) is 9.84. The van der Waals surface area contributed by atoms with E-state index >= 15 is 0 Å². The van der Waals surface area contributed by atoms with Gasteiger partial charge in [-0.2, -0.15) is 0 Å². The average Bonchev–Trinajstić information content (AvgIpc) is 2.09. The van der Waals surface area contributed by atoms with Crippen molar-refractivity contribution in [2.24, 2.45) is 0 Å². The van der Waals surface area contributed by atoms with Crippen LogP contribution in [-0.2, 0) is 0 Å². The van der Waals surface area contributed by atoms with E-state index in [-0.39, 0.29) is 0 Å². The van der Waals surface area contributed by atoms with Crippen molar-refractivity contribution in [1.82, 2.24) is 4.90 Å². The number of allylic oxidation sites excluding steroid dienone is 1. The van der Waals surface area contributed by atoms with Crippen molar-refractivity contribution in [3.8, 4) is 5.75 Å². The number of hydrogen-bond acceptors (Lipinski definition) is 2. The summed E-state index contributed by atoms with van der Waals surface area (Å²) in [4.78, 5) is 1.98. The Kier molecular flexibility index (Phi) is 2.96. The Hall–Kier alpha value is -1.44. The van der Waals surface area contributed by atoms with E-state index in [0.717, 1.165) is 11.3 Å². The minimum Gasteiger partial charge on any atom is -0.507 e. The van der Waals surface area contributed by atoms with Gasteiger partial charge in [-0.3, -0.25) is 0 Å². The van der Waals surface area contributed by atoms with Crippen molar-refractivity contribution in [3.05, 3.63) is 35.9 Å². The lowest BCUT2D eigenvalue weighted by molar-refractivity contribution is 0.469. The average molecular weight is 177 g/mol. The minimum absolute atomic E-state index is 0.323. The molecular formula is C11H15NO. The van der Waals surface area contributed by atoms with Gasteiger partial charge in [-0.1, -0.05) is 18.2 Å². The van der Waals surface area contributed by atoms with E-state index in [1.165, 1.54) is 0 Å². The quantitative estimate of drug-likeness (QED) is 0.749. The molecular weight excluding hydrogens is 162 g/mol. The minimum atomic E-state index is 0.323. The number of rotatable bonds is 2. The Morgan fingerprint density at radius 2 is 1.92 bits per heavy atom. The lowest BCUT2D eigenvalue weighted by Gasteiger charge is -2.17. The third-order valence-electron chi connectivity index (χ3n) is 1.94. The summed E-state index contributed by atoms with van der Waals surface area (Å²) in [6.07, 6.45) is 1.98. The van der Waals surface area contributed by atoms with Gasteiger partial charge in [0, 0.05) is 25.4 Å². The number of hydrogen-bond donors (Lipinski definition) is 1. The maximum absolute atomic E-state index is 9.59. The van der Waals surface area contributed by atoms with Crippen LogP contribution in [0.3, 0.4) is 0 Å². The van der Waals surface area contributed by atoms with E-state index in [2.05, 4.69) is 0 Å². The summed E-state index contributed by atoms with van der Waals surface area (Å²) in [5, 5.41) is 9.59. The van der Waals surface area contributed by atoms with Gasteiger partial charge in [-0.05, 0) is 19.1 Å². The van der Waals surface area contributed by atoms with E-state index in [0.29, 0.717) is 5.75 Å². The highest BCUT2D eigenvalue weighted by Crippen LogP contribution is 2.25. The molecule has 0 radical (unpaired) electrons. The number of aromatic hydroxyl groups is 1. The predicted molar refractivity (Wildman–Crippen MR) is 55.4 cm³/mol. The summed E-state index contributed by atoms with van der Waals surface area (Å²) in [7, 11) is 3.92. The first-order valence-electron chi connectivity index (χ1n) is 4.29. The van der Waals surface area contributed by atoms with Crippen LogP contribution in [0, 0.1) is 0 Å². The monoisotopic (exact) mass is 177 g/mol. The Labute approximate surface area is 79.1 Å². The van der Waals surface area contributed by atoms with Crippen molar-refractivity contribution in [3.63, 3.8) is 0 Å². The fourth-order valence-corrected chi connectivity index (χ4v) is 1.34. The summed E-state index contributed by atoms with van der Waals surface area (Å²) >= 11 is 0. The fraction of sp³-hybridized carbons (Fsp3) is 0.273. The summed E-state index contributed by atoms with van der Waals surface area (Å²) in [5.74, 6) is 0.323. The summed E-state index contributed by atoms with van der Waals surface area (Å²) in [5.41, 5.74) is 1.90. The topological polar surface area (TPSA) is 23.5 Å². The molecule has 0 heterocycles. The highest BCUT2D eigenvalue weighted by Gasteiger charge is 2.06. The number of para-hydroxylation sites is 1. The van der Waals surface area contributed by atoms with Crippen molar-refractivity contribution in [2.75, 3.05) is 14.1 Å². The molecule has 0 amide bonds. The molecule has 0 saturated heterocycles. The molecule has 0 aromatic heterocycles. The Balaban J connectivity index is 3.13. The summed E-state index contributed by atoms with van der Waals surface area (Å²) in [6, 6.07) is 7.34. The third-order valence-corrected chi connectivity index (χ3v) is 1.94. The predicted octanol–water partition coefficient (Wildman–Crippen LogP) is 2.31. The molecule has 0 aliphatic heterocycles. The van der Waals surface area contributed by atoms with Gasteiger partial charge < -0.3 is 10.0 Å². The number of phenolic OH excluding ortho intramolecular Hbond substituents is 1. The molecule has 70 valence electrons. The van der Waals surface area contributed by atoms with Crippen molar-refractivity contribution < 1.29 is 5.11 Å². The number of nitrogens with zero attached hydrogens (tertiary/aromatic N) is 1. The van der Waals surface area contributed by atoms with Crippen LogP contribution >= 0.6 is 0 Å². The van der Waals surface area contributed by atoms with E-state index < -0.39 is 0 Å². The molecule has 0 bridgehead atoms. The van der Waals surface area contributed by atoms with E-state index in [1.54, 1.807) is 6.07 Å². The normalized spacial score (nSPS) is 11.5. The molecule has 0 saturated carbocycles. The van der Waals surface area contributed by atoms with Crippen LogP contribution in [-0.4, -0.2) is 24.1 Å². The Morgan fingerprint density at radius 1 is 1.31 bits per heavy atom. The lowest BCUT2D eigenvalue weighted by Crippen LogP contribution is -2.09. The van der Waals surface area contributed by atoms with Crippen LogP contribution in [0.4, 0.5) is 0 Å². The molecule has 0 aliphatic rings. The highest BCUT2D eigenvalue weighted by molar-refractivity contribution is 5.68. The number of phenols is 1. The SMILES string of the molecule is C/C=C(\c1ccccc1O)N(C)C. The van der Waals surface area contributed by atoms with E-state index in [1.807, 2.05) is 50.2 Å². The maximum Gasteiger partial charge on any atom is 0.124 e. The zero-order valence-corrected chi connectivity index (χ0v) is 8.28. The fourth-order valence-electron chi connectivity index (χ4n) is 1.34. The van der Waals surface area contributed by atoms with Gasteiger partial charge in [-0.25, -0.2) is 0 Å². The first kappa shape index (κ1) is 9.65. The molecule has 1 rings (SSSR count). The molecule has 1 aromatic carbocycles. The van der Waals surface area contributed by atoms with Gasteiger partial charge >= 0.3 is 0 Å². The van der Waals surface area contributed by atoms with Crippen LogP contribution in [0.1, 0.15) is 12.5 Å². The van der Waals surface area contributed by atoms with Crippen LogP contribution in [0.2, 0.25) is 0 Å². The Morgan fingerprint density at radius 3 is 2.38 bits per heavy atom. The molecule has 0 fully saturated rings. The second kappa shape index (κ2) is 3.99. The summed E-state index contributed by atoms with van der Waals surface area (Å²) < 4.78 is 0. The van der Waals surface area contributed by atoms with Crippen molar-refractivity contribution in [1.29, 1.82) is 0 Å². The molecule has 2 heteroatoms. The summed E-state index contributed by atoms with van der Waals surface area (Å²) in [6.45, 7) is 1.96. The van der Waals surface area contributed by atoms with Crippen LogP contribution in [0.25, 0.3) is 5.70 Å². The standard InChI is InChI=1S/C11H15NO/c1-4-10(12(2)3)9-7-5-6-8-11(9)13/h4-8,13H,1-3H3/b10-4+. The second-order valence-corrected chi connectivity index (χ2v) is 3.09. The lowest BCUT2D eigenvalue weighted by atomic mass is 10.1. The molecule has 2 nitrogen and oxygen atoms in total. The van der Waals surface area contributed by atoms with Crippen LogP contribution < -0.4 is 0 Å². The van der Waals surface area contributed by atoms with Gasteiger partial charge in [-0.15, -0.1) is 0 Å². The largest absolute Gasteiger partial charge is 0.507 e. The van der Waals surface area contributed by atoms with E-state index in [9.17, 15) is 5.11 Å². The van der Waals surface area contributed by atoms with Gasteiger partial charge in [0.15, 0.2) is 0 Å². The molecule has 1 aromatic rings. The first-order chi connectivity index (χ1) is 6.16. The van der Waals surface area contributed by atoms with Crippen molar-refractivity contribution in [2.45, 2.75) is 6.92 Å². The molecule has 0 spiro atoms. The number of benzene rings is 1. The second-order valence-electron chi connectivity index (χ2n) is 3.09. The van der Waals surface area contributed by atoms with E-state index in [4.69, 9.17) is 0 Å². The van der Waals surface area contributed by atoms with Crippen molar-refractivity contribution >= 4 is 5.70 Å². The smallest absolute Gasteiger partial charge is 0.124 e. The molecule has 0 unspecified atom stereocenters. The molecule has 13 heavy (non-hydrogen) atoms. The Bertz CT molecular complexity index is 316. The maximum atomic E-state index is 9.59. The van der Waals surface area contributed by atoms with Gasteiger partial charge in [0.25, 0.3) is 0 Å². The molecule has 1 N–H and O–H groups in total.